The largest absolute Gasteiger partial charge is 0.480 e. The van der Waals surface area contributed by atoms with Crippen LogP contribution in [0.15, 0.2) is 24.3 Å². The van der Waals surface area contributed by atoms with Crippen LogP contribution < -0.4 is 5.32 Å². The molecule has 1 amide bonds. The van der Waals surface area contributed by atoms with Gasteiger partial charge < -0.3 is 15.3 Å². The van der Waals surface area contributed by atoms with Crippen LogP contribution in [-0.4, -0.2) is 41.0 Å². The molecule has 0 aromatic heterocycles. The Kier molecular flexibility index (Phi) is 3.92. The van der Waals surface area contributed by atoms with Gasteiger partial charge in [-0.15, -0.1) is 0 Å². The lowest BCUT2D eigenvalue weighted by Gasteiger charge is -2.37. The van der Waals surface area contributed by atoms with Crippen LogP contribution in [0.2, 0.25) is 0 Å². The van der Waals surface area contributed by atoms with Crippen LogP contribution in [0.1, 0.15) is 24.0 Å². The lowest BCUT2D eigenvalue weighted by molar-refractivity contribution is -0.153. The van der Waals surface area contributed by atoms with Crippen LogP contribution in [0.5, 0.6) is 0 Å². The van der Waals surface area contributed by atoms with Gasteiger partial charge in [-0.25, -0.2) is 4.79 Å². The third kappa shape index (κ3) is 2.78. The lowest BCUT2D eigenvalue weighted by Crippen LogP contribution is -2.51. The fourth-order valence-electron chi connectivity index (χ4n) is 3.28. The zero-order valence-electron chi connectivity index (χ0n) is 11.9. The first-order chi connectivity index (χ1) is 10.2. The summed E-state index contributed by atoms with van der Waals surface area (Å²) in [4.78, 5) is 25.8. The number of carboxylic acid groups (broad SMARTS) is 1. The number of rotatable bonds is 2. The van der Waals surface area contributed by atoms with E-state index in [1.807, 2.05) is 24.3 Å². The highest BCUT2D eigenvalue weighted by atomic mass is 16.4. The Morgan fingerprint density at radius 3 is 2.48 bits per heavy atom. The molecule has 0 spiro atoms. The maximum Gasteiger partial charge on any atom is 0.326 e. The summed E-state index contributed by atoms with van der Waals surface area (Å²) in [6.07, 6.45) is 1.99. The number of carboxylic acids is 1. The maximum atomic E-state index is 12.7. The molecule has 2 N–H and O–H groups in total. The van der Waals surface area contributed by atoms with Crippen molar-refractivity contribution < 1.29 is 14.7 Å². The molecule has 112 valence electrons. The molecule has 2 aliphatic rings. The zero-order chi connectivity index (χ0) is 14.8. The topological polar surface area (TPSA) is 69.6 Å². The van der Waals surface area contributed by atoms with Crippen molar-refractivity contribution in [2.75, 3.05) is 13.1 Å². The minimum atomic E-state index is -0.910. The van der Waals surface area contributed by atoms with E-state index in [0.717, 1.165) is 37.1 Å². The zero-order valence-corrected chi connectivity index (χ0v) is 11.9. The van der Waals surface area contributed by atoms with Crippen molar-refractivity contribution in [1.29, 1.82) is 0 Å². The Hall–Kier alpha value is -1.88. The first kappa shape index (κ1) is 14.1. The highest BCUT2D eigenvalue weighted by Crippen LogP contribution is 2.27. The summed E-state index contributed by atoms with van der Waals surface area (Å²) in [7, 11) is 0. The number of nitrogens with zero attached hydrogens (tertiary/aromatic N) is 1. The van der Waals surface area contributed by atoms with Crippen LogP contribution in [0.3, 0.4) is 0 Å². The molecule has 5 nitrogen and oxygen atoms in total. The van der Waals surface area contributed by atoms with E-state index in [1.165, 1.54) is 0 Å². The molecule has 5 heteroatoms. The van der Waals surface area contributed by atoms with E-state index in [2.05, 4.69) is 5.32 Å². The standard InChI is InChI=1S/C16H20N2O3/c19-15(11-5-7-17-8-6-11)18-10-13-4-2-1-3-12(13)9-14(18)16(20)21/h1-4,11,14,17H,5-10H2,(H,20,21)/t14-/m0/s1. The van der Waals surface area contributed by atoms with E-state index in [-0.39, 0.29) is 11.8 Å². The Morgan fingerprint density at radius 2 is 1.81 bits per heavy atom. The summed E-state index contributed by atoms with van der Waals surface area (Å²) >= 11 is 0. The van der Waals surface area contributed by atoms with Crippen molar-refractivity contribution in [3.8, 4) is 0 Å². The van der Waals surface area contributed by atoms with Gasteiger partial charge in [0.15, 0.2) is 0 Å². The van der Waals surface area contributed by atoms with Gasteiger partial charge in [-0.1, -0.05) is 24.3 Å². The molecule has 0 saturated carbocycles. The summed E-state index contributed by atoms with van der Waals surface area (Å²) in [5.41, 5.74) is 2.11. The quantitative estimate of drug-likeness (QED) is 0.852. The third-order valence-corrected chi connectivity index (χ3v) is 4.51. The van der Waals surface area contributed by atoms with Gasteiger partial charge in [-0.3, -0.25) is 4.79 Å². The fourth-order valence-corrected chi connectivity index (χ4v) is 3.28. The molecule has 1 aromatic carbocycles. The van der Waals surface area contributed by atoms with E-state index < -0.39 is 12.0 Å². The lowest BCUT2D eigenvalue weighted by atomic mass is 9.90. The third-order valence-electron chi connectivity index (χ3n) is 4.51. The fraction of sp³-hybridized carbons (Fsp3) is 0.500. The van der Waals surface area contributed by atoms with Gasteiger partial charge in [0.25, 0.3) is 0 Å². The molecule has 1 aromatic rings. The molecule has 1 fully saturated rings. The molecule has 0 unspecified atom stereocenters. The van der Waals surface area contributed by atoms with Gasteiger partial charge in [0, 0.05) is 18.9 Å². The number of amides is 1. The molecule has 0 bridgehead atoms. The van der Waals surface area contributed by atoms with Gasteiger partial charge in [-0.2, -0.15) is 0 Å². The van der Waals surface area contributed by atoms with Crippen LogP contribution in [0, 0.1) is 5.92 Å². The Balaban J connectivity index is 1.85. The molecular weight excluding hydrogens is 268 g/mol. The molecular formula is C16H20N2O3. The van der Waals surface area contributed by atoms with Crippen molar-refractivity contribution in [2.45, 2.75) is 31.8 Å². The Morgan fingerprint density at radius 1 is 1.14 bits per heavy atom. The van der Waals surface area contributed by atoms with E-state index in [4.69, 9.17) is 0 Å². The highest BCUT2D eigenvalue weighted by molar-refractivity contribution is 5.86. The predicted octanol–water partition coefficient (Wildman–Crippen LogP) is 1.02. The average molecular weight is 288 g/mol. The van der Waals surface area contributed by atoms with Gasteiger partial charge in [-0.05, 0) is 37.1 Å². The number of benzene rings is 1. The molecule has 0 aliphatic carbocycles. The van der Waals surface area contributed by atoms with E-state index >= 15 is 0 Å². The van der Waals surface area contributed by atoms with E-state index in [1.54, 1.807) is 4.90 Å². The molecule has 1 saturated heterocycles. The monoisotopic (exact) mass is 288 g/mol. The summed E-state index contributed by atoms with van der Waals surface area (Å²) in [5, 5.41) is 12.7. The Labute approximate surface area is 123 Å². The van der Waals surface area contributed by atoms with Crippen molar-refractivity contribution >= 4 is 11.9 Å². The summed E-state index contributed by atoms with van der Waals surface area (Å²) in [5.74, 6) is -0.955. The van der Waals surface area contributed by atoms with Gasteiger partial charge in [0.2, 0.25) is 5.91 Å². The Bertz CT molecular complexity index is 552. The molecule has 2 heterocycles. The molecule has 1 atom stereocenters. The normalized spacial score (nSPS) is 22.7. The number of carbonyl (C=O) groups excluding carboxylic acids is 1. The van der Waals surface area contributed by atoms with Gasteiger partial charge in [0.1, 0.15) is 6.04 Å². The smallest absolute Gasteiger partial charge is 0.326 e. The molecule has 2 aliphatic heterocycles. The van der Waals surface area contributed by atoms with Gasteiger partial charge >= 0.3 is 5.97 Å². The minimum Gasteiger partial charge on any atom is -0.480 e. The summed E-state index contributed by atoms with van der Waals surface area (Å²) in [6, 6.07) is 7.06. The van der Waals surface area contributed by atoms with Crippen molar-refractivity contribution in [3.63, 3.8) is 0 Å². The van der Waals surface area contributed by atoms with E-state index in [0.29, 0.717) is 13.0 Å². The van der Waals surface area contributed by atoms with Crippen LogP contribution in [-0.2, 0) is 22.6 Å². The van der Waals surface area contributed by atoms with E-state index in [9.17, 15) is 14.7 Å². The average Bonchev–Trinajstić information content (AvgIpc) is 2.53. The van der Waals surface area contributed by atoms with Crippen LogP contribution in [0.25, 0.3) is 0 Å². The van der Waals surface area contributed by atoms with Crippen LogP contribution in [0.4, 0.5) is 0 Å². The maximum absolute atomic E-state index is 12.7. The number of aliphatic carboxylic acids is 1. The SMILES string of the molecule is O=C(O)[C@@H]1Cc2ccccc2CN1C(=O)C1CCNCC1. The van der Waals surface area contributed by atoms with Crippen molar-refractivity contribution in [3.05, 3.63) is 35.4 Å². The number of carbonyl (C=O) groups is 2. The minimum absolute atomic E-state index is 0.00148. The second kappa shape index (κ2) is 5.85. The predicted molar refractivity (Wildman–Crippen MR) is 77.7 cm³/mol. The highest BCUT2D eigenvalue weighted by Gasteiger charge is 2.37. The number of hydrogen-bond donors (Lipinski definition) is 2. The van der Waals surface area contributed by atoms with Gasteiger partial charge in [0.05, 0.1) is 0 Å². The number of fused-ring (bicyclic) bond motifs is 1. The summed E-state index contributed by atoms with van der Waals surface area (Å²) in [6.45, 7) is 2.08. The second-order valence-corrected chi connectivity index (χ2v) is 5.82. The van der Waals surface area contributed by atoms with Crippen molar-refractivity contribution in [1.82, 2.24) is 10.2 Å². The van der Waals surface area contributed by atoms with Crippen LogP contribution >= 0.6 is 0 Å². The number of piperidine rings is 1. The molecule has 3 rings (SSSR count). The van der Waals surface area contributed by atoms with Crippen molar-refractivity contribution in [2.24, 2.45) is 5.92 Å². The first-order valence-electron chi connectivity index (χ1n) is 7.47. The number of hydrogen-bond acceptors (Lipinski definition) is 3. The second-order valence-electron chi connectivity index (χ2n) is 5.82. The summed E-state index contributed by atoms with van der Waals surface area (Å²) < 4.78 is 0. The molecule has 0 radical (unpaired) electrons. The first-order valence-corrected chi connectivity index (χ1v) is 7.47. The molecule has 21 heavy (non-hydrogen) atoms. The number of nitrogens with one attached hydrogen (secondary N) is 1.